The topological polar surface area (TPSA) is 101 Å². The molecule has 1 rings (SSSR count). The highest BCUT2D eigenvalue weighted by atomic mass is 127. The van der Waals surface area contributed by atoms with Gasteiger partial charge in [-0.05, 0) is 61.3 Å². The van der Waals surface area contributed by atoms with Gasteiger partial charge in [-0.3, -0.25) is 14.7 Å². The van der Waals surface area contributed by atoms with Gasteiger partial charge in [0.05, 0.1) is 25.8 Å². The van der Waals surface area contributed by atoms with Crippen LogP contribution in [-0.4, -0.2) is 73.1 Å². The molecule has 0 aromatic carbocycles. The van der Waals surface area contributed by atoms with E-state index in [-0.39, 0.29) is 42.1 Å². The van der Waals surface area contributed by atoms with Crippen LogP contribution in [0.1, 0.15) is 67.7 Å². The van der Waals surface area contributed by atoms with E-state index in [0.717, 1.165) is 12.8 Å². The summed E-state index contributed by atoms with van der Waals surface area (Å²) in [5.74, 6) is 0.465. The normalized spacial score (nSPS) is 20.6. The van der Waals surface area contributed by atoms with Crippen molar-refractivity contribution in [3.05, 3.63) is 0 Å². The van der Waals surface area contributed by atoms with Gasteiger partial charge in [-0.15, -0.1) is 24.0 Å². The summed E-state index contributed by atoms with van der Waals surface area (Å²) < 4.78 is 16.3. The van der Waals surface area contributed by atoms with Crippen molar-refractivity contribution in [2.45, 2.75) is 91.2 Å². The smallest absolute Gasteiger partial charge is 0.412 e. The predicted molar refractivity (Wildman–Crippen MR) is 132 cm³/mol. The van der Waals surface area contributed by atoms with Gasteiger partial charge in [-0.2, -0.15) is 0 Å². The van der Waals surface area contributed by atoms with Gasteiger partial charge < -0.3 is 24.8 Å². The Morgan fingerprint density at radius 1 is 1.19 bits per heavy atom. The minimum Gasteiger partial charge on any atom is -0.469 e. The molecule has 2 N–H and O–H groups in total. The van der Waals surface area contributed by atoms with Crippen molar-refractivity contribution in [2.75, 3.05) is 26.7 Å². The van der Waals surface area contributed by atoms with E-state index >= 15 is 0 Å². The number of nitrogens with one attached hydrogen (secondary N) is 2. The van der Waals surface area contributed by atoms with E-state index in [4.69, 9.17) is 9.47 Å². The quantitative estimate of drug-likeness (QED) is 0.156. The predicted octanol–water partition coefficient (Wildman–Crippen LogP) is 3.26. The fourth-order valence-corrected chi connectivity index (χ4v) is 3.33. The van der Waals surface area contributed by atoms with Crippen molar-refractivity contribution in [1.82, 2.24) is 15.5 Å². The van der Waals surface area contributed by atoms with Gasteiger partial charge in [-0.1, -0.05) is 0 Å². The van der Waals surface area contributed by atoms with E-state index in [2.05, 4.69) is 20.4 Å². The Labute approximate surface area is 204 Å². The highest BCUT2D eigenvalue weighted by Crippen LogP contribution is 2.33. The standard InChI is InChI=1S/C21H40N4O5.HI/c1-9-22-18(23-13-11-10-12-17(26)28-8)24-14-16-15(2)29-21(6,7)25(16)19(27)30-20(3,4)5;/h15-16H,9-14H2,1-8H3,(H2,22,23,24);1H. The average molecular weight is 556 g/mol. The number of aliphatic imine (C=N–C) groups is 1. The molecule has 1 fully saturated rings. The van der Waals surface area contributed by atoms with Crippen molar-refractivity contribution < 1.29 is 23.8 Å². The lowest BCUT2D eigenvalue weighted by Gasteiger charge is -2.34. The number of halogens is 1. The highest BCUT2D eigenvalue weighted by Gasteiger charge is 2.49. The Morgan fingerprint density at radius 3 is 2.39 bits per heavy atom. The number of esters is 1. The molecule has 0 aromatic rings. The van der Waals surface area contributed by atoms with Gasteiger partial charge in [0.1, 0.15) is 11.3 Å². The Bertz CT molecular complexity index is 607. The number of carbonyl (C=O) groups is 2. The van der Waals surface area contributed by atoms with Crippen molar-refractivity contribution in [3.8, 4) is 0 Å². The molecule has 0 spiro atoms. The molecule has 0 radical (unpaired) electrons. The van der Waals surface area contributed by atoms with E-state index in [0.29, 0.717) is 32.0 Å². The summed E-state index contributed by atoms with van der Waals surface area (Å²) in [7, 11) is 1.39. The Balaban J connectivity index is 0.00000900. The summed E-state index contributed by atoms with van der Waals surface area (Å²) in [6.07, 6.45) is 1.38. The average Bonchev–Trinajstić information content (AvgIpc) is 2.85. The maximum atomic E-state index is 12.8. The molecule has 1 amide bonds. The van der Waals surface area contributed by atoms with E-state index in [1.807, 2.05) is 48.5 Å². The molecule has 0 aromatic heterocycles. The van der Waals surface area contributed by atoms with Crippen LogP contribution in [0.5, 0.6) is 0 Å². The van der Waals surface area contributed by atoms with Gasteiger partial charge >= 0.3 is 12.1 Å². The first-order valence-corrected chi connectivity index (χ1v) is 10.7. The van der Waals surface area contributed by atoms with Crippen LogP contribution in [0.3, 0.4) is 0 Å². The fraction of sp³-hybridized carbons (Fsp3) is 0.857. The van der Waals surface area contributed by atoms with Crippen LogP contribution in [0.4, 0.5) is 4.79 Å². The van der Waals surface area contributed by atoms with Crippen LogP contribution in [0, 0.1) is 0 Å². The number of carbonyl (C=O) groups excluding carboxylic acids is 2. The Hall–Kier alpha value is -1.30. The van der Waals surface area contributed by atoms with Gasteiger partial charge in [0, 0.05) is 19.5 Å². The summed E-state index contributed by atoms with van der Waals surface area (Å²) in [6, 6.07) is -0.246. The van der Waals surface area contributed by atoms with Gasteiger partial charge in [0.25, 0.3) is 0 Å². The molecule has 182 valence electrons. The largest absolute Gasteiger partial charge is 0.469 e. The Kier molecular flexibility index (Phi) is 12.7. The van der Waals surface area contributed by atoms with Crippen molar-refractivity contribution >= 4 is 42.0 Å². The molecule has 2 atom stereocenters. The number of rotatable bonds is 8. The summed E-state index contributed by atoms with van der Waals surface area (Å²) in [6.45, 7) is 15.0. The zero-order chi connectivity index (χ0) is 22.9. The van der Waals surface area contributed by atoms with Crippen LogP contribution < -0.4 is 10.6 Å². The highest BCUT2D eigenvalue weighted by molar-refractivity contribution is 14.0. The maximum Gasteiger partial charge on any atom is 0.412 e. The third-order valence-electron chi connectivity index (χ3n) is 4.63. The molecule has 2 unspecified atom stereocenters. The third-order valence-corrected chi connectivity index (χ3v) is 4.63. The number of amides is 1. The number of hydrogen-bond donors (Lipinski definition) is 2. The monoisotopic (exact) mass is 556 g/mol. The lowest BCUT2D eigenvalue weighted by atomic mass is 10.1. The van der Waals surface area contributed by atoms with Crippen LogP contribution in [0.25, 0.3) is 0 Å². The molecular formula is C21H41IN4O5. The summed E-state index contributed by atoms with van der Waals surface area (Å²) in [5.41, 5.74) is -1.37. The second kappa shape index (κ2) is 13.3. The molecule has 9 nitrogen and oxygen atoms in total. The first kappa shape index (κ1) is 29.7. The summed E-state index contributed by atoms with van der Waals surface area (Å²) in [5, 5.41) is 6.47. The van der Waals surface area contributed by atoms with E-state index < -0.39 is 17.4 Å². The maximum absolute atomic E-state index is 12.8. The SMILES string of the molecule is CCNC(=NCC1C(C)OC(C)(C)N1C(=O)OC(C)(C)C)NCCCCC(=O)OC.I. The molecule has 0 saturated carbocycles. The number of nitrogens with zero attached hydrogens (tertiary/aromatic N) is 2. The van der Waals surface area contributed by atoms with Gasteiger partial charge in [-0.25, -0.2) is 4.79 Å². The number of guanidine groups is 1. The van der Waals surface area contributed by atoms with E-state index in [1.54, 1.807) is 4.90 Å². The van der Waals surface area contributed by atoms with Crippen LogP contribution in [-0.2, 0) is 19.0 Å². The molecule has 1 saturated heterocycles. The first-order chi connectivity index (χ1) is 13.9. The Morgan fingerprint density at radius 2 is 1.84 bits per heavy atom. The zero-order valence-corrected chi connectivity index (χ0v) is 22.6. The summed E-state index contributed by atoms with van der Waals surface area (Å²) in [4.78, 5) is 30.3. The molecule has 0 aliphatic carbocycles. The van der Waals surface area contributed by atoms with Crippen molar-refractivity contribution in [2.24, 2.45) is 4.99 Å². The minimum atomic E-state index is -0.776. The van der Waals surface area contributed by atoms with E-state index in [9.17, 15) is 9.59 Å². The molecular weight excluding hydrogens is 515 g/mol. The van der Waals surface area contributed by atoms with Crippen molar-refractivity contribution in [3.63, 3.8) is 0 Å². The van der Waals surface area contributed by atoms with Gasteiger partial charge in [0.15, 0.2) is 5.96 Å². The lowest BCUT2D eigenvalue weighted by molar-refractivity contribution is -0.140. The number of hydrogen-bond acceptors (Lipinski definition) is 6. The first-order valence-electron chi connectivity index (χ1n) is 10.7. The fourth-order valence-electron chi connectivity index (χ4n) is 3.33. The molecule has 1 heterocycles. The van der Waals surface area contributed by atoms with Gasteiger partial charge in [0.2, 0.25) is 0 Å². The van der Waals surface area contributed by atoms with Crippen LogP contribution in [0.15, 0.2) is 4.99 Å². The molecule has 1 aliphatic heterocycles. The number of ether oxygens (including phenoxy) is 3. The second-order valence-electron chi connectivity index (χ2n) is 8.87. The molecule has 0 bridgehead atoms. The molecule has 10 heteroatoms. The summed E-state index contributed by atoms with van der Waals surface area (Å²) >= 11 is 0. The van der Waals surface area contributed by atoms with Crippen LogP contribution in [0.2, 0.25) is 0 Å². The molecule has 1 aliphatic rings. The third kappa shape index (κ3) is 10.2. The zero-order valence-electron chi connectivity index (χ0n) is 20.2. The lowest BCUT2D eigenvalue weighted by Crippen LogP contribution is -2.51. The number of methoxy groups -OCH3 is 1. The minimum absolute atomic E-state index is 0. The molecule has 31 heavy (non-hydrogen) atoms. The van der Waals surface area contributed by atoms with Crippen LogP contribution >= 0.6 is 24.0 Å². The second-order valence-corrected chi connectivity index (χ2v) is 8.87. The van der Waals surface area contributed by atoms with Crippen molar-refractivity contribution in [1.29, 1.82) is 0 Å². The number of unbranched alkanes of at least 4 members (excludes halogenated alkanes) is 1. The van der Waals surface area contributed by atoms with E-state index in [1.165, 1.54) is 7.11 Å².